The lowest BCUT2D eigenvalue weighted by atomic mass is 10.2. The van der Waals surface area contributed by atoms with Crippen molar-refractivity contribution in [3.05, 3.63) is 12.4 Å². The minimum absolute atomic E-state index is 0.0412. The topological polar surface area (TPSA) is 70.5 Å². The van der Waals surface area contributed by atoms with E-state index >= 15 is 0 Å². The minimum atomic E-state index is -0.130. The molecule has 0 aromatic carbocycles. The number of aromatic nitrogens is 2. The second kappa shape index (κ2) is 6.68. The average molecular weight is 266 g/mol. The number of rotatable bonds is 5. The first-order valence-corrected chi connectivity index (χ1v) is 6.79. The van der Waals surface area contributed by atoms with Crippen LogP contribution in [0.2, 0.25) is 0 Å². The van der Waals surface area contributed by atoms with Gasteiger partial charge in [-0.25, -0.2) is 9.97 Å². The Balaban J connectivity index is 2.05. The molecule has 2 rings (SSSR count). The van der Waals surface area contributed by atoms with Gasteiger partial charge in [-0.15, -0.1) is 0 Å². The van der Waals surface area contributed by atoms with E-state index in [1.54, 1.807) is 6.33 Å². The van der Waals surface area contributed by atoms with Gasteiger partial charge in [0.1, 0.15) is 18.0 Å². The van der Waals surface area contributed by atoms with E-state index in [-0.39, 0.29) is 12.7 Å². The molecule has 0 amide bonds. The van der Waals surface area contributed by atoms with Crippen LogP contribution in [0.25, 0.3) is 0 Å². The Hall–Kier alpha value is -1.40. The summed E-state index contributed by atoms with van der Waals surface area (Å²) in [7, 11) is 0. The predicted octanol–water partition coefficient (Wildman–Crippen LogP) is 0.884. The lowest BCUT2D eigenvalue weighted by Gasteiger charge is -2.32. The highest BCUT2D eigenvalue weighted by atomic mass is 16.5. The maximum atomic E-state index is 9.16. The predicted molar refractivity (Wildman–Crippen MR) is 74.4 cm³/mol. The molecule has 2 unspecified atom stereocenters. The SMILES string of the molecule is CCC(C)Nc1cc(N2CCOC(CO)C2)ncn1. The van der Waals surface area contributed by atoms with Gasteiger partial charge in [-0.3, -0.25) is 0 Å². The van der Waals surface area contributed by atoms with E-state index in [1.165, 1.54) is 0 Å². The van der Waals surface area contributed by atoms with Crippen LogP contribution < -0.4 is 10.2 Å². The zero-order valence-corrected chi connectivity index (χ0v) is 11.5. The van der Waals surface area contributed by atoms with Crippen LogP contribution in [0, 0.1) is 0 Å². The molecule has 1 saturated heterocycles. The van der Waals surface area contributed by atoms with Crippen LogP contribution in [-0.2, 0) is 4.74 Å². The number of anilines is 2. The number of hydrogen-bond acceptors (Lipinski definition) is 6. The summed E-state index contributed by atoms with van der Waals surface area (Å²) in [6.07, 6.45) is 2.49. The highest BCUT2D eigenvalue weighted by Gasteiger charge is 2.21. The molecule has 1 aliphatic heterocycles. The quantitative estimate of drug-likeness (QED) is 0.824. The van der Waals surface area contributed by atoms with Crippen LogP contribution in [0.15, 0.2) is 12.4 Å². The van der Waals surface area contributed by atoms with Gasteiger partial charge < -0.3 is 20.1 Å². The van der Waals surface area contributed by atoms with E-state index in [0.717, 1.165) is 24.6 Å². The van der Waals surface area contributed by atoms with Crippen molar-refractivity contribution in [1.82, 2.24) is 9.97 Å². The third-order valence-corrected chi connectivity index (χ3v) is 3.33. The van der Waals surface area contributed by atoms with Gasteiger partial charge in [0, 0.05) is 25.2 Å². The molecule has 1 aromatic heterocycles. The fourth-order valence-electron chi connectivity index (χ4n) is 1.99. The fraction of sp³-hybridized carbons (Fsp3) is 0.692. The number of aliphatic hydroxyl groups is 1. The Bertz CT molecular complexity index is 402. The smallest absolute Gasteiger partial charge is 0.134 e. The zero-order valence-electron chi connectivity index (χ0n) is 11.5. The van der Waals surface area contributed by atoms with Crippen LogP contribution in [0.4, 0.5) is 11.6 Å². The van der Waals surface area contributed by atoms with Crippen molar-refractivity contribution in [1.29, 1.82) is 0 Å². The summed E-state index contributed by atoms with van der Waals surface area (Å²) in [4.78, 5) is 10.7. The Morgan fingerprint density at radius 3 is 3.16 bits per heavy atom. The molecule has 6 nitrogen and oxygen atoms in total. The number of hydrogen-bond donors (Lipinski definition) is 2. The van der Waals surface area contributed by atoms with Gasteiger partial charge in [0.2, 0.25) is 0 Å². The molecular formula is C13H22N4O2. The summed E-state index contributed by atoms with van der Waals surface area (Å²) in [6.45, 7) is 6.36. The number of nitrogens with zero attached hydrogens (tertiary/aromatic N) is 3. The van der Waals surface area contributed by atoms with E-state index in [9.17, 15) is 0 Å². The molecule has 0 radical (unpaired) electrons. The number of nitrogens with one attached hydrogen (secondary N) is 1. The third kappa shape index (κ3) is 3.78. The van der Waals surface area contributed by atoms with Crippen LogP contribution in [-0.4, -0.2) is 53.5 Å². The van der Waals surface area contributed by atoms with Crippen LogP contribution in [0.3, 0.4) is 0 Å². The lowest BCUT2D eigenvalue weighted by Crippen LogP contribution is -2.44. The molecule has 106 valence electrons. The Morgan fingerprint density at radius 1 is 1.58 bits per heavy atom. The van der Waals surface area contributed by atoms with Crippen LogP contribution in [0.1, 0.15) is 20.3 Å². The molecule has 0 aliphatic carbocycles. The first kappa shape index (κ1) is 14.0. The molecule has 0 bridgehead atoms. The molecule has 1 aromatic rings. The fourth-order valence-corrected chi connectivity index (χ4v) is 1.99. The second-order valence-corrected chi connectivity index (χ2v) is 4.84. The van der Waals surface area contributed by atoms with Crippen LogP contribution in [0.5, 0.6) is 0 Å². The van der Waals surface area contributed by atoms with Crippen molar-refractivity contribution in [2.24, 2.45) is 0 Å². The van der Waals surface area contributed by atoms with Gasteiger partial charge in [0.05, 0.1) is 19.3 Å². The summed E-state index contributed by atoms with van der Waals surface area (Å²) in [5, 5.41) is 12.5. The van der Waals surface area contributed by atoms with E-state index in [4.69, 9.17) is 9.84 Å². The highest BCUT2D eigenvalue weighted by molar-refractivity contribution is 5.49. The van der Waals surface area contributed by atoms with Crippen LogP contribution >= 0.6 is 0 Å². The average Bonchev–Trinajstić information content (AvgIpc) is 2.47. The molecule has 2 atom stereocenters. The zero-order chi connectivity index (χ0) is 13.7. The van der Waals surface area contributed by atoms with E-state index in [0.29, 0.717) is 19.2 Å². The van der Waals surface area contributed by atoms with Gasteiger partial charge in [-0.05, 0) is 13.3 Å². The van der Waals surface area contributed by atoms with Gasteiger partial charge >= 0.3 is 0 Å². The van der Waals surface area contributed by atoms with E-state index in [1.807, 2.05) is 6.07 Å². The molecule has 1 aliphatic rings. The van der Waals surface area contributed by atoms with Gasteiger partial charge in [0.15, 0.2) is 0 Å². The second-order valence-electron chi connectivity index (χ2n) is 4.84. The summed E-state index contributed by atoms with van der Waals surface area (Å²) in [6, 6.07) is 2.34. The molecule has 0 spiro atoms. The maximum absolute atomic E-state index is 9.16. The van der Waals surface area contributed by atoms with Crippen molar-refractivity contribution in [3.8, 4) is 0 Å². The summed E-state index contributed by atoms with van der Waals surface area (Å²) in [5.74, 6) is 1.72. The molecule has 2 N–H and O–H groups in total. The number of ether oxygens (including phenoxy) is 1. The van der Waals surface area contributed by atoms with E-state index < -0.39 is 0 Å². The van der Waals surface area contributed by atoms with Crippen molar-refractivity contribution in [2.45, 2.75) is 32.4 Å². The first-order chi connectivity index (χ1) is 9.22. The Labute approximate surface area is 113 Å². The molecule has 6 heteroatoms. The third-order valence-electron chi connectivity index (χ3n) is 3.33. The number of aliphatic hydroxyl groups excluding tert-OH is 1. The monoisotopic (exact) mass is 266 g/mol. The minimum Gasteiger partial charge on any atom is -0.394 e. The van der Waals surface area contributed by atoms with Crippen molar-refractivity contribution < 1.29 is 9.84 Å². The summed E-state index contributed by atoms with van der Waals surface area (Å²) < 4.78 is 5.44. The summed E-state index contributed by atoms with van der Waals surface area (Å²) >= 11 is 0. The van der Waals surface area contributed by atoms with Gasteiger partial charge in [-0.1, -0.05) is 6.92 Å². The normalized spacial score (nSPS) is 21.2. The number of morpholine rings is 1. The molecule has 2 heterocycles. The molecule has 19 heavy (non-hydrogen) atoms. The van der Waals surface area contributed by atoms with Crippen molar-refractivity contribution >= 4 is 11.6 Å². The van der Waals surface area contributed by atoms with E-state index in [2.05, 4.69) is 34.0 Å². The largest absolute Gasteiger partial charge is 0.394 e. The van der Waals surface area contributed by atoms with Gasteiger partial charge in [-0.2, -0.15) is 0 Å². The maximum Gasteiger partial charge on any atom is 0.134 e. The Kier molecular flexibility index (Phi) is 4.93. The highest BCUT2D eigenvalue weighted by Crippen LogP contribution is 2.18. The standard InChI is InChI=1S/C13H22N4O2/c1-3-10(2)16-12-6-13(15-9-14-12)17-4-5-19-11(7-17)8-18/h6,9-11,18H,3-5,7-8H2,1-2H3,(H,14,15,16). The molecule has 1 fully saturated rings. The first-order valence-electron chi connectivity index (χ1n) is 6.79. The Morgan fingerprint density at radius 2 is 2.42 bits per heavy atom. The van der Waals surface area contributed by atoms with Gasteiger partial charge in [0.25, 0.3) is 0 Å². The summed E-state index contributed by atoms with van der Waals surface area (Å²) in [5.41, 5.74) is 0. The molecule has 0 saturated carbocycles. The molecular weight excluding hydrogens is 244 g/mol. The lowest BCUT2D eigenvalue weighted by molar-refractivity contribution is 0.00336. The van der Waals surface area contributed by atoms with Crippen molar-refractivity contribution in [3.63, 3.8) is 0 Å². The van der Waals surface area contributed by atoms with Crippen molar-refractivity contribution in [2.75, 3.05) is 36.5 Å².